The first-order valence-electron chi connectivity index (χ1n) is 8.08. The predicted octanol–water partition coefficient (Wildman–Crippen LogP) is 2.58. The third-order valence-corrected chi connectivity index (χ3v) is 4.53. The molecule has 0 amide bonds. The van der Waals surface area contributed by atoms with Crippen LogP contribution in [0.2, 0.25) is 5.02 Å². The van der Waals surface area contributed by atoms with Crippen molar-refractivity contribution in [1.29, 1.82) is 0 Å². The summed E-state index contributed by atoms with van der Waals surface area (Å²) in [5, 5.41) is 0.567. The van der Waals surface area contributed by atoms with Crippen LogP contribution in [0.4, 0.5) is 17.5 Å². The number of hydrogen-bond donors (Lipinski definition) is 2. The monoisotopic (exact) mass is 363 g/mol. The highest BCUT2D eigenvalue weighted by atomic mass is 35.5. The number of rotatable bonds is 3. The average Bonchev–Trinajstić information content (AvgIpc) is 2.80. The van der Waals surface area contributed by atoms with Crippen LogP contribution >= 0.6 is 11.6 Å². The zero-order chi connectivity index (χ0) is 18.0. The molecule has 2 heterocycles. The summed E-state index contributed by atoms with van der Waals surface area (Å²) in [7, 11) is 1.58. The summed E-state index contributed by atoms with van der Waals surface area (Å²) in [6.07, 6.45) is 0.878. The van der Waals surface area contributed by atoms with Crippen LogP contribution in [0.5, 0.6) is 5.75 Å². The van der Waals surface area contributed by atoms with Crippen molar-refractivity contribution in [3.05, 3.63) is 34.5 Å². The molecule has 25 heavy (non-hydrogen) atoms. The normalized spacial score (nSPS) is 18.0. The van der Waals surface area contributed by atoms with Crippen molar-refractivity contribution in [3.8, 4) is 5.75 Å². The van der Waals surface area contributed by atoms with Gasteiger partial charge in [-0.2, -0.15) is 4.98 Å². The number of halogens is 1. The third-order valence-electron chi connectivity index (χ3n) is 4.20. The molecule has 1 atom stereocenters. The fourth-order valence-corrected chi connectivity index (χ4v) is 3.35. The van der Waals surface area contributed by atoms with Crippen LogP contribution in [0.1, 0.15) is 23.7 Å². The number of nitrogens with two attached hydrogens (primary N) is 2. The van der Waals surface area contributed by atoms with Crippen LogP contribution in [-0.4, -0.2) is 36.8 Å². The van der Waals surface area contributed by atoms with Gasteiger partial charge in [-0.15, -0.1) is 0 Å². The minimum Gasteiger partial charge on any atom is -0.495 e. The molecule has 1 aliphatic rings. The van der Waals surface area contributed by atoms with Crippen molar-refractivity contribution < 1.29 is 9.47 Å². The molecule has 0 aliphatic carbocycles. The summed E-state index contributed by atoms with van der Waals surface area (Å²) in [5.74, 6) is 1.59. The Balaban J connectivity index is 2.07. The first-order valence-corrected chi connectivity index (χ1v) is 8.46. The van der Waals surface area contributed by atoms with Gasteiger partial charge in [0.1, 0.15) is 11.6 Å². The highest BCUT2D eigenvalue weighted by molar-refractivity contribution is 6.31. The second kappa shape index (κ2) is 7.33. The lowest BCUT2D eigenvalue weighted by Gasteiger charge is -2.31. The van der Waals surface area contributed by atoms with E-state index < -0.39 is 0 Å². The summed E-state index contributed by atoms with van der Waals surface area (Å²) in [4.78, 5) is 10.7. The van der Waals surface area contributed by atoms with E-state index in [1.54, 1.807) is 13.2 Å². The van der Waals surface area contributed by atoms with E-state index in [4.69, 9.17) is 32.5 Å². The molecule has 1 saturated heterocycles. The van der Waals surface area contributed by atoms with Crippen molar-refractivity contribution in [2.45, 2.75) is 19.4 Å². The molecule has 4 N–H and O–H groups in total. The molecule has 134 valence electrons. The molecule has 0 radical (unpaired) electrons. The summed E-state index contributed by atoms with van der Waals surface area (Å²) in [6, 6.07) is 5.36. The zero-order valence-electron chi connectivity index (χ0n) is 14.3. The molecular weight excluding hydrogens is 342 g/mol. The van der Waals surface area contributed by atoms with Crippen molar-refractivity contribution in [3.63, 3.8) is 0 Å². The molecule has 2 aromatic rings. The smallest absolute Gasteiger partial charge is 0.222 e. The summed E-state index contributed by atoms with van der Waals surface area (Å²) in [5.41, 5.74) is 14.0. The van der Waals surface area contributed by atoms with Gasteiger partial charge in [0.05, 0.1) is 25.4 Å². The standard InChI is InChI=1S/C17H22ClN5O2/c1-10-6-16(22-17(20)21-10)23-4-3-5-25-9-14(23)11-7-15(24-2)13(19)8-12(11)18/h6-8,14H,3-5,9,19H2,1-2H3,(H2,20,21,22). The Kier molecular flexibility index (Phi) is 5.15. The summed E-state index contributed by atoms with van der Waals surface area (Å²) in [6.45, 7) is 3.82. The van der Waals surface area contributed by atoms with Crippen molar-refractivity contribution in [2.75, 3.05) is 43.2 Å². The van der Waals surface area contributed by atoms with Gasteiger partial charge in [-0.05, 0) is 31.0 Å². The van der Waals surface area contributed by atoms with Gasteiger partial charge in [-0.25, -0.2) is 4.98 Å². The Morgan fingerprint density at radius 2 is 2.08 bits per heavy atom. The lowest BCUT2D eigenvalue weighted by Crippen LogP contribution is -2.32. The quantitative estimate of drug-likeness (QED) is 0.808. The summed E-state index contributed by atoms with van der Waals surface area (Å²) < 4.78 is 11.1. The number of hydrogen-bond acceptors (Lipinski definition) is 7. The predicted molar refractivity (Wildman–Crippen MR) is 99.1 cm³/mol. The number of nitrogen functional groups attached to an aromatic ring is 2. The fraction of sp³-hybridized carbons (Fsp3) is 0.412. The van der Waals surface area contributed by atoms with E-state index in [2.05, 4.69) is 14.9 Å². The average molecular weight is 364 g/mol. The van der Waals surface area contributed by atoms with Gasteiger partial charge in [0.2, 0.25) is 5.95 Å². The van der Waals surface area contributed by atoms with E-state index in [1.807, 2.05) is 19.1 Å². The Morgan fingerprint density at radius 3 is 2.80 bits per heavy atom. The first-order chi connectivity index (χ1) is 12.0. The number of aryl methyl sites for hydroxylation is 1. The number of methoxy groups -OCH3 is 1. The van der Waals surface area contributed by atoms with Gasteiger partial charge in [0, 0.05) is 29.9 Å². The molecule has 1 aromatic carbocycles. The van der Waals surface area contributed by atoms with Crippen LogP contribution in [0.3, 0.4) is 0 Å². The van der Waals surface area contributed by atoms with Gasteiger partial charge in [-0.3, -0.25) is 0 Å². The maximum absolute atomic E-state index is 6.49. The van der Waals surface area contributed by atoms with Crippen LogP contribution in [0.15, 0.2) is 18.2 Å². The van der Waals surface area contributed by atoms with Crippen LogP contribution in [0, 0.1) is 6.92 Å². The highest BCUT2D eigenvalue weighted by Crippen LogP contribution is 2.37. The molecule has 3 rings (SSSR count). The lowest BCUT2D eigenvalue weighted by atomic mass is 10.0. The van der Waals surface area contributed by atoms with Crippen molar-refractivity contribution in [1.82, 2.24) is 9.97 Å². The summed E-state index contributed by atoms with van der Waals surface area (Å²) >= 11 is 6.49. The maximum atomic E-state index is 6.49. The molecule has 0 spiro atoms. The molecule has 1 unspecified atom stereocenters. The SMILES string of the molecule is COc1cc(C2COCCCN2c2cc(C)nc(N)n2)c(Cl)cc1N. The van der Waals surface area contributed by atoms with E-state index in [-0.39, 0.29) is 12.0 Å². The molecule has 1 aromatic heterocycles. The molecular formula is C17H22ClN5O2. The Morgan fingerprint density at radius 1 is 1.28 bits per heavy atom. The van der Waals surface area contributed by atoms with E-state index in [0.717, 1.165) is 30.0 Å². The topological polar surface area (TPSA) is 99.5 Å². The molecule has 1 aliphatic heterocycles. The van der Waals surface area contributed by atoms with E-state index in [1.165, 1.54) is 0 Å². The van der Waals surface area contributed by atoms with Gasteiger partial charge < -0.3 is 25.8 Å². The minimum absolute atomic E-state index is 0.127. The molecule has 0 bridgehead atoms. The Hall–Kier alpha value is -2.25. The Bertz CT molecular complexity index is 751. The number of anilines is 3. The zero-order valence-corrected chi connectivity index (χ0v) is 15.1. The van der Waals surface area contributed by atoms with Gasteiger partial charge in [0.15, 0.2) is 0 Å². The maximum Gasteiger partial charge on any atom is 0.222 e. The van der Waals surface area contributed by atoms with Crippen LogP contribution in [0.25, 0.3) is 0 Å². The van der Waals surface area contributed by atoms with Crippen LogP contribution in [-0.2, 0) is 4.74 Å². The number of benzene rings is 1. The lowest BCUT2D eigenvalue weighted by molar-refractivity contribution is 0.134. The molecule has 0 saturated carbocycles. The molecule has 8 heteroatoms. The second-order valence-electron chi connectivity index (χ2n) is 5.98. The number of aromatic nitrogens is 2. The highest BCUT2D eigenvalue weighted by Gasteiger charge is 2.27. The molecule has 7 nitrogen and oxygen atoms in total. The van der Waals surface area contributed by atoms with E-state index in [0.29, 0.717) is 29.7 Å². The second-order valence-corrected chi connectivity index (χ2v) is 6.39. The van der Waals surface area contributed by atoms with Crippen molar-refractivity contribution in [2.24, 2.45) is 0 Å². The van der Waals surface area contributed by atoms with Gasteiger partial charge >= 0.3 is 0 Å². The van der Waals surface area contributed by atoms with E-state index in [9.17, 15) is 0 Å². The van der Waals surface area contributed by atoms with Gasteiger partial charge in [0.25, 0.3) is 0 Å². The minimum atomic E-state index is -0.127. The number of ether oxygens (including phenoxy) is 2. The first kappa shape index (κ1) is 17.6. The van der Waals surface area contributed by atoms with Crippen molar-refractivity contribution >= 4 is 29.1 Å². The fourth-order valence-electron chi connectivity index (χ4n) is 3.05. The Labute approximate surface area is 151 Å². The third kappa shape index (κ3) is 3.72. The van der Waals surface area contributed by atoms with Crippen LogP contribution < -0.4 is 21.1 Å². The van der Waals surface area contributed by atoms with Gasteiger partial charge in [-0.1, -0.05) is 11.6 Å². The number of nitrogens with zero attached hydrogens (tertiary/aromatic N) is 3. The van der Waals surface area contributed by atoms with E-state index >= 15 is 0 Å². The largest absolute Gasteiger partial charge is 0.495 e. The molecule has 1 fully saturated rings.